The van der Waals surface area contributed by atoms with Crippen molar-refractivity contribution >= 4 is 0 Å². The van der Waals surface area contributed by atoms with E-state index in [1.807, 2.05) is 6.07 Å². The standard InChI is InChI=1S/C14H17F2N3O/c1-20-7-5-17-9-13-4-6-19(18-13)10-11-2-3-12(15)8-14(11)16/h2-4,6,8,17H,5,7,9-10H2,1H3. The molecule has 1 aromatic carbocycles. The highest BCUT2D eigenvalue weighted by Crippen LogP contribution is 2.11. The summed E-state index contributed by atoms with van der Waals surface area (Å²) in [5.41, 5.74) is 1.28. The fourth-order valence-electron chi connectivity index (χ4n) is 1.80. The maximum absolute atomic E-state index is 13.5. The molecule has 0 aliphatic rings. The van der Waals surface area contributed by atoms with Gasteiger partial charge in [-0.15, -0.1) is 0 Å². The van der Waals surface area contributed by atoms with Crippen molar-refractivity contribution in [2.24, 2.45) is 0 Å². The van der Waals surface area contributed by atoms with Crippen LogP contribution in [-0.4, -0.2) is 30.0 Å². The second-order valence-corrected chi connectivity index (χ2v) is 4.41. The van der Waals surface area contributed by atoms with Crippen LogP contribution in [0.1, 0.15) is 11.3 Å². The Hall–Kier alpha value is -1.79. The van der Waals surface area contributed by atoms with Gasteiger partial charge in [-0.25, -0.2) is 8.78 Å². The minimum Gasteiger partial charge on any atom is -0.383 e. The van der Waals surface area contributed by atoms with Crippen molar-refractivity contribution in [3.8, 4) is 0 Å². The molecule has 20 heavy (non-hydrogen) atoms. The first-order valence-corrected chi connectivity index (χ1v) is 6.35. The molecule has 0 amide bonds. The molecule has 4 nitrogen and oxygen atoms in total. The van der Waals surface area contributed by atoms with Crippen molar-refractivity contribution in [3.63, 3.8) is 0 Å². The number of halogens is 2. The van der Waals surface area contributed by atoms with Gasteiger partial charge in [-0.2, -0.15) is 5.10 Å². The van der Waals surface area contributed by atoms with E-state index in [4.69, 9.17) is 4.74 Å². The number of aromatic nitrogens is 2. The van der Waals surface area contributed by atoms with Crippen molar-refractivity contribution in [2.75, 3.05) is 20.3 Å². The van der Waals surface area contributed by atoms with E-state index in [1.54, 1.807) is 18.0 Å². The van der Waals surface area contributed by atoms with Crippen LogP contribution in [0.5, 0.6) is 0 Å². The van der Waals surface area contributed by atoms with Gasteiger partial charge in [0, 0.05) is 38.0 Å². The molecule has 0 bridgehead atoms. The predicted octanol–water partition coefficient (Wildman–Crippen LogP) is 1.95. The Balaban J connectivity index is 1.92. The molecule has 6 heteroatoms. The molecule has 108 valence electrons. The molecule has 2 aromatic rings. The fraction of sp³-hybridized carbons (Fsp3) is 0.357. The summed E-state index contributed by atoms with van der Waals surface area (Å²) in [6.45, 7) is 2.30. The van der Waals surface area contributed by atoms with Crippen LogP contribution >= 0.6 is 0 Å². The molecule has 0 aliphatic carbocycles. The molecule has 1 N–H and O–H groups in total. The lowest BCUT2D eigenvalue weighted by Gasteiger charge is -2.04. The first kappa shape index (κ1) is 14.6. The molecule has 1 heterocycles. The highest BCUT2D eigenvalue weighted by molar-refractivity contribution is 5.19. The average Bonchev–Trinajstić information content (AvgIpc) is 2.86. The Kier molecular flexibility index (Phi) is 5.20. The first-order valence-electron chi connectivity index (χ1n) is 6.35. The van der Waals surface area contributed by atoms with Crippen LogP contribution in [0.15, 0.2) is 30.5 Å². The van der Waals surface area contributed by atoms with Crippen molar-refractivity contribution in [1.82, 2.24) is 15.1 Å². The van der Waals surface area contributed by atoms with Crippen LogP contribution in [0.4, 0.5) is 8.78 Å². The van der Waals surface area contributed by atoms with Gasteiger partial charge in [0.2, 0.25) is 0 Å². The number of ether oxygens (including phenoxy) is 1. The van der Waals surface area contributed by atoms with E-state index >= 15 is 0 Å². The molecule has 0 radical (unpaired) electrons. The molecular formula is C14H17F2N3O. The zero-order chi connectivity index (χ0) is 14.4. The minimum atomic E-state index is -0.574. The Morgan fingerprint density at radius 3 is 2.90 bits per heavy atom. The third-order valence-electron chi connectivity index (χ3n) is 2.83. The van der Waals surface area contributed by atoms with Gasteiger partial charge in [0.15, 0.2) is 0 Å². The van der Waals surface area contributed by atoms with E-state index in [9.17, 15) is 8.78 Å². The van der Waals surface area contributed by atoms with Crippen molar-refractivity contribution in [3.05, 3.63) is 53.4 Å². The largest absolute Gasteiger partial charge is 0.383 e. The van der Waals surface area contributed by atoms with E-state index < -0.39 is 11.6 Å². The monoisotopic (exact) mass is 281 g/mol. The second-order valence-electron chi connectivity index (χ2n) is 4.41. The maximum atomic E-state index is 13.5. The Morgan fingerprint density at radius 1 is 1.30 bits per heavy atom. The zero-order valence-corrected chi connectivity index (χ0v) is 11.3. The second kappa shape index (κ2) is 7.12. The highest BCUT2D eigenvalue weighted by Gasteiger charge is 2.06. The van der Waals surface area contributed by atoms with Gasteiger partial charge in [-0.3, -0.25) is 4.68 Å². The zero-order valence-electron chi connectivity index (χ0n) is 11.3. The lowest BCUT2D eigenvalue weighted by Crippen LogP contribution is -2.19. The number of nitrogens with zero attached hydrogens (tertiary/aromatic N) is 2. The van der Waals surface area contributed by atoms with E-state index in [-0.39, 0.29) is 6.54 Å². The Bertz CT molecular complexity index is 557. The third kappa shape index (κ3) is 4.11. The molecule has 0 saturated carbocycles. The quantitative estimate of drug-likeness (QED) is 0.788. The number of nitrogens with one attached hydrogen (secondary N) is 1. The van der Waals surface area contributed by atoms with Gasteiger partial charge in [-0.1, -0.05) is 6.07 Å². The smallest absolute Gasteiger partial charge is 0.131 e. The van der Waals surface area contributed by atoms with Crippen molar-refractivity contribution in [2.45, 2.75) is 13.1 Å². The fourth-order valence-corrected chi connectivity index (χ4v) is 1.80. The van der Waals surface area contributed by atoms with Crippen LogP contribution in [0.3, 0.4) is 0 Å². The predicted molar refractivity (Wildman–Crippen MR) is 71.3 cm³/mol. The van der Waals surface area contributed by atoms with E-state index in [2.05, 4.69) is 10.4 Å². The SMILES string of the molecule is COCCNCc1ccn(Cc2ccc(F)cc2F)n1. The van der Waals surface area contributed by atoms with E-state index in [1.165, 1.54) is 12.1 Å². The van der Waals surface area contributed by atoms with E-state index in [0.717, 1.165) is 18.3 Å². The number of rotatable bonds is 7. The first-order chi connectivity index (χ1) is 9.69. The summed E-state index contributed by atoms with van der Waals surface area (Å²) in [5, 5.41) is 7.49. The molecule has 0 atom stereocenters. The number of benzene rings is 1. The summed E-state index contributed by atoms with van der Waals surface area (Å²) in [6, 6.07) is 5.42. The van der Waals surface area contributed by atoms with Crippen LogP contribution in [0.2, 0.25) is 0 Å². The Morgan fingerprint density at radius 2 is 2.15 bits per heavy atom. The topological polar surface area (TPSA) is 39.1 Å². The third-order valence-corrected chi connectivity index (χ3v) is 2.83. The van der Waals surface area contributed by atoms with Gasteiger partial charge in [0.05, 0.1) is 18.8 Å². The van der Waals surface area contributed by atoms with Crippen molar-refractivity contribution in [1.29, 1.82) is 0 Å². The normalized spacial score (nSPS) is 10.9. The summed E-state index contributed by atoms with van der Waals surface area (Å²) >= 11 is 0. The molecule has 0 saturated heterocycles. The van der Waals surface area contributed by atoms with Crippen molar-refractivity contribution < 1.29 is 13.5 Å². The number of hydrogen-bond acceptors (Lipinski definition) is 3. The van der Waals surface area contributed by atoms with Gasteiger partial charge >= 0.3 is 0 Å². The maximum Gasteiger partial charge on any atom is 0.131 e. The summed E-state index contributed by atoms with van der Waals surface area (Å²) in [4.78, 5) is 0. The summed E-state index contributed by atoms with van der Waals surface area (Å²) in [6.07, 6.45) is 1.77. The molecule has 0 unspecified atom stereocenters. The van der Waals surface area contributed by atoms with E-state index in [0.29, 0.717) is 18.7 Å². The summed E-state index contributed by atoms with van der Waals surface area (Å²) in [7, 11) is 1.65. The molecule has 0 aliphatic heterocycles. The van der Waals surface area contributed by atoms with Gasteiger partial charge in [0.1, 0.15) is 11.6 Å². The van der Waals surface area contributed by atoms with Crippen LogP contribution < -0.4 is 5.32 Å². The highest BCUT2D eigenvalue weighted by atomic mass is 19.1. The van der Waals surface area contributed by atoms with Gasteiger partial charge < -0.3 is 10.1 Å². The molecule has 1 aromatic heterocycles. The molecule has 0 spiro atoms. The van der Waals surface area contributed by atoms with Crippen LogP contribution in [-0.2, 0) is 17.8 Å². The molecule has 2 rings (SSSR count). The summed E-state index contributed by atoms with van der Waals surface area (Å²) in [5.74, 6) is -1.13. The van der Waals surface area contributed by atoms with Gasteiger partial charge in [-0.05, 0) is 12.1 Å². The summed E-state index contributed by atoms with van der Waals surface area (Å²) < 4.78 is 32.9. The molecule has 0 fully saturated rings. The lowest BCUT2D eigenvalue weighted by molar-refractivity contribution is 0.199. The lowest BCUT2D eigenvalue weighted by atomic mass is 10.2. The van der Waals surface area contributed by atoms with Crippen LogP contribution in [0.25, 0.3) is 0 Å². The average molecular weight is 281 g/mol. The minimum absolute atomic E-state index is 0.282. The Labute approximate surface area is 116 Å². The number of methoxy groups -OCH3 is 1. The number of hydrogen-bond donors (Lipinski definition) is 1. The van der Waals surface area contributed by atoms with Crippen LogP contribution in [0, 0.1) is 11.6 Å². The molecular weight excluding hydrogens is 264 g/mol. The van der Waals surface area contributed by atoms with Gasteiger partial charge in [0.25, 0.3) is 0 Å².